The second-order valence-corrected chi connectivity index (χ2v) is 6.84. The molecule has 0 aliphatic carbocycles. The van der Waals surface area contributed by atoms with Gasteiger partial charge in [-0.1, -0.05) is 24.3 Å². The van der Waals surface area contributed by atoms with Crippen molar-refractivity contribution < 1.29 is 27.4 Å². The number of hydrogen-bond acceptors (Lipinski definition) is 3. The fraction of sp³-hybridized carbons (Fsp3) is 0.0500. The number of hydrogen-bond donors (Lipinski definition) is 1. The molecule has 0 aliphatic heterocycles. The Labute approximate surface area is 162 Å². The van der Waals surface area contributed by atoms with Crippen LogP contribution in [-0.2, 0) is 17.8 Å². The molecule has 3 aromatic carbocycles. The molecule has 144 valence electrons. The van der Waals surface area contributed by atoms with Crippen LogP contribution in [0.2, 0.25) is 0 Å². The maximum absolute atomic E-state index is 13.6. The number of carbonyl (C=O) groups is 1. The van der Waals surface area contributed by atoms with E-state index < -0.39 is 23.1 Å². The summed E-state index contributed by atoms with van der Waals surface area (Å²) in [4.78, 5) is 11.1. The Hall–Kier alpha value is -3.10. The van der Waals surface area contributed by atoms with Crippen molar-refractivity contribution in [1.29, 1.82) is 0 Å². The lowest BCUT2D eigenvalue weighted by atomic mass is 10.1. The van der Waals surface area contributed by atoms with E-state index in [-0.39, 0.29) is 23.5 Å². The van der Waals surface area contributed by atoms with E-state index in [0.29, 0.717) is 5.69 Å². The molecule has 0 spiro atoms. The molecular formula is C20H14F2NO4S-. The van der Waals surface area contributed by atoms with Crippen LogP contribution in [0, 0.1) is 11.6 Å². The predicted octanol–water partition coefficient (Wildman–Crippen LogP) is 4.13. The normalized spacial score (nSPS) is 11.8. The number of halogens is 2. The van der Waals surface area contributed by atoms with Gasteiger partial charge in [0.15, 0.2) is 0 Å². The molecular weight excluding hydrogens is 388 g/mol. The van der Waals surface area contributed by atoms with Gasteiger partial charge >= 0.3 is 5.97 Å². The summed E-state index contributed by atoms with van der Waals surface area (Å²) >= 11 is -2.67. The van der Waals surface area contributed by atoms with Gasteiger partial charge in [0.05, 0.1) is 12.1 Å². The average Bonchev–Trinajstić information content (AvgIpc) is 2.66. The maximum atomic E-state index is 13.6. The Bertz CT molecular complexity index is 1020. The molecule has 3 rings (SSSR count). The van der Waals surface area contributed by atoms with E-state index in [1.165, 1.54) is 18.2 Å². The lowest BCUT2D eigenvalue weighted by molar-refractivity contribution is 0.0696. The number of aromatic carboxylic acids is 1. The van der Waals surface area contributed by atoms with Crippen LogP contribution in [0.25, 0.3) is 11.1 Å². The number of rotatable bonds is 6. The van der Waals surface area contributed by atoms with Gasteiger partial charge in [-0.2, -0.15) is 0 Å². The molecule has 1 N–H and O–H groups in total. The van der Waals surface area contributed by atoms with Crippen LogP contribution in [0.15, 0.2) is 66.7 Å². The Kier molecular flexibility index (Phi) is 5.81. The summed E-state index contributed by atoms with van der Waals surface area (Å²) in [6, 6.07) is 15.5. The van der Waals surface area contributed by atoms with Gasteiger partial charge in [-0.15, -0.1) is 0 Å². The molecule has 8 heteroatoms. The summed E-state index contributed by atoms with van der Waals surface area (Å²) in [6.07, 6.45) is 0. The molecule has 0 aromatic heterocycles. The summed E-state index contributed by atoms with van der Waals surface area (Å²) in [5.41, 5.74) is 1.78. The van der Waals surface area contributed by atoms with Gasteiger partial charge in [-0.05, 0) is 59.2 Å². The zero-order valence-electron chi connectivity index (χ0n) is 14.3. The lowest BCUT2D eigenvalue weighted by Gasteiger charge is -2.27. The molecule has 0 saturated carbocycles. The summed E-state index contributed by atoms with van der Waals surface area (Å²) in [6.45, 7) is -0.232. The van der Waals surface area contributed by atoms with Crippen molar-refractivity contribution in [2.45, 2.75) is 6.54 Å². The van der Waals surface area contributed by atoms with Crippen LogP contribution in [0.4, 0.5) is 14.5 Å². The monoisotopic (exact) mass is 402 g/mol. The fourth-order valence-electron chi connectivity index (χ4n) is 2.72. The molecule has 3 aromatic rings. The number of carboxylic acid groups (broad SMARTS) is 1. The Morgan fingerprint density at radius 2 is 1.50 bits per heavy atom. The molecule has 1 unspecified atom stereocenters. The van der Waals surface area contributed by atoms with Gasteiger partial charge < -0.3 is 9.66 Å². The van der Waals surface area contributed by atoms with Crippen LogP contribution < -0.4 is 4.31 Å². The quantitative estimate of drug-likeness (QED) is 0.629. The predicted molar refractivity (Wildman–Crippen MR) is 100 cm³/mol. The van der Waals surface area contributed by atoms with Crippen molar-refractivity contribution in [3.05, 3.63) is 89.5 Å². The SMILES string of the molecule is O=C(O)c1cc(F)cc(CN(c2ccc(-c3ccc(F)cc3)cc2)S(=O)[O-])c1. The highest BCUT2D eigenvalue weighted by Gasteiger charge is 2.13. The highest BCUT2D eigenvalue weighted by atomic mass is 32.2. The van der Waals surface area contributed by atoms with Crippen LogP contribution in [-0.4, -0.2) is 19.8 Å². The second kappa shape index (κ2) is 8.28. The number of anilines is 1. The van der Waals surface area contributed by atoms with E-state index in [4.69, 9.17) is 5.11 Å². The van der Waals surface area contributed by atoms with Gasteiger partial charge in [-0.25, -0.2) is 13.6 Å². The fourth-order valence-corrected chi connectivity index (χ4v) is 3.27. The second-order valence-electron chi connectivity index (χ2n) is 5.96. The molecule has 0 bridgehead atoms. The van der Waals surface area contributed by atoms with Crippen molar-refractivity contribution in [3.63, 3.8) is 0 Å². The van der Waals surface area contributed by atoms with Crippen LogP contribution in [0.3, 0.4) is 0 Å². The highest BCUT2D eigenvalue weighted by molar-refractivity contribution is 7.80. The first kappa shape index (κ1) is 19.7. The zero-order valence-corrected chi connectivity index (χ0v) is 15.2. The minimum Gasteiger partial charge on any atom is -0.755 e. The van der Waals surface area contributed by atoms with Crippen LogP contribution in [0.5, 0.6) is 0 Å². The van der Waals surface area contributed by atoms with E-state index in [2.05, 4.69) is 0 Å². The Balaban J connectivity index is 1.87. The number of carboxylic acids is 1. The Morgan fingerprint density at radius 3 is 2.04 bits per heavy atom. The first-order valence-corrected chi connectivity index (χ1v) is 9.12. The van der Waals surface area contributed by atoms with Gasteiger partial charge in [0.25, 0.3) is 0 Å². The van der Waals surface area contributed by atoms with Gasteiger partial charge in [0.1, 0.15) is 11.6 Å². The first-order valence-electron chi connectivity index (χ1n) is 8.09. The molecule has 0 saturated heterocycles. The minimum atomic E-state index is -2.67. The molecule has 1 atom stereocenters. The molecule has 0 heterocycles. The van der Waals surface area contributed by atoms with Crippen molar-refractivity contribution in [2.24, 2.45) is 0 Å². The van der Waals surface area contributed by atoms with Crippen molar-refractivity contribution >= 4 is 22.9 Å². The third-order valence-corrected chi connectivity index (χ3v) is 4.74. The molecule has 5 nitrogen and oxygen atoms in total. The van der Waals surface area contributed by atoms with Gasteiger partial charge in [-0.3, -0.25) is 8.51 Å². The summed E-state index contributed by atoms with van der Waals surface area (Å²) in [5.74, 6) is -2.43. The molecule has 0 radical (unpaired) electrons. The van der Waals surface area contributed by atoms with Gasteiger partial charge in [0, 0.05) is 17.0 Å². The minimum absolute atomic E-state index is 0.198. The highest BCUT2D eigenvalue weighted by Crippen LogP contribution is 2.25. The summed E-state index contributed by atoms with van der Waals surface area (Å²) in [5, 5.41) is 9.02. The summed E-state index contributed by atoms with van der Waals surface area (Å²) in [7, 11) is 0. The van der Waals surface area contributed by atoms with Crippen molar-refractivity contribution in [3.8, 4) is 11.1 Å². The Morgan fingerprint density at radius 1 is 0.929 bits per heavy atom. The van der Waals surface area contributed by atoms with E-state index in [9.17, 15) is 22.3 Å². The van der Waals surface area contributed by atoms with Crippen molar-refractivity contribution in [2.75, 3.05) is 4.31 Å². The smallest absolute Gasteiger partial charge is 0.335 e. The van der Waals surface area contributed by atoms with Crippen LogP contribution >= 0.6 is 0 Å². The van der Waals surface area contributed by atoms with E-state index >= 15 is 0 Å². The molecule has 0 aliphatic rings. The molecule has 0 amide bonds. The van der Waals surface area contributed by atoms with E-state index in [1.807, 2.05) is 0 Å². The van der Waals surface area contributed by atoms with E-state index in [0.717, 1.165) is 27.6 Å². The zero-order chi connectivity index (χ0) is 20.3. The van der Waals surface area contributed by atoms with Crippen LogP contribution in [0.1, 0.15) is 15.9 Å². The lowest BCUT2D eigenvalue weighted by Crippen LogP contribution is -2.25. The number of nitrogens with zero attached hydrogens (tertiary/aromatic N) is 1. The maximum Gasteiger partial charge on any atom is 0.335 e. The molecule has 28 heavy (non-hydrogen) atoms. The first-order chi connectivity index (χ1) is 13.3. The topological polar surface area (TPSA) is 80.7 Å². The van der Waals surface area contributed by atoms with Crippen molar-refractivity contribution in [1.82, 2.24) is 0 Å². The standard InChI is InChI=1S/C20H15F2NO4S/c21-17-5-1-14(2-6-17)15-3-7-19(8-4-15)23(28(26)27)12-13-9-16(20(24)25)11-18(22)10-13/h1-11H,12H2,(H,24,25)(H,26,27)/p-1. The average molecular weight is 402 g/mol. The molecule has 0 fully saturated rings. The van der Waals surface area contributed by atoms with E-state index in [1.54, 1.807) is 36.4 Å². The van der Waals surface area contributed by atoms with Gasteiger partial charge in [0.2, 0.25) is 0 Å². The third-order valence-electron chi connectivity index (χ3n) is 4.04. The summed E-state index contributed by atoms with van der Waals surface area (Å²) < 4.78 is 51.0. The largest absolute Gasteiger partial charge is 0.755 e. The third kappa shape index (κ3) is 4.59. The number of benzene rings is 3.